The molecule has 0 spiro atoms. The summed E-state index contributed by atoms with van der Waals surface area (Å²) in [5.41, 5.74) is 4.51. The maximum atomic E-state index is 4.54. The molecule has 0 radical (unpaired) electrons. The highest BCUT2D eigenvalue weighted by Gasteiger charge is 2.08. The first-order valence-corrected chi connectivity index (χ1v) is 8.58. The largest absolute Gasteiger partial charge is 0.339 e. The number of rotatable bonds is 6. The van der Waals surface area contributed by atoms with Gasteiger partial charge in [0.05, 0.1) is 6.20 Å². The van der Waals surface area contributed by atoms with Crippen molar-refractivity contribution >= 4 is 23.1 Å². The van der Waals surface area contributed by atoms with Crippen molar-refractivity contribution in [3.63, 3.8) is 0 Å². The molecule has 0 aliphatic carbocycles. The van der Waals surface area contributed by atoms with Gasteiger partial charge in [-0.2, -0.15) is 10.1 Å². The van der Waals surface area contributed by atoms with E-state index >= 15 is 0 Å². The van der Waals surface area contributed by atoms with Crippen molar-refractivity contribution in [3.8, 4) is 0 Å². The average molecular weight is 333 g/mol. The van der Waals surface area contributed by atoms with Gasteiger partial charge in [-0.05, 0) is 35.6 Å². The van der Waals surface area contributed by atoms with Gasteiger partial charge in [-0.3, -0.25) is 0 Å². The fourth-order valence-electron chi connectivity index (χ4n) is 2.74. The lowest BCUT2D eigenvalue weighted by molar-refractivity contribution is 0.868. The number of nitrogens with zero attached hydrogens (tertiary/aromatic N) is 3. The van der Waals surface area contributed by atoms with Crippen LogP contribution in [0.3, 0.4) is 0 Å². The van der Waals surface area contributed by atoms with E-state index in [0.717, 1.165) is 17.8 Å². The van der Waals surface area contributed by atoms with Crippen LogP contribution in [0.4, 0.5) is 23.1 Å². The Morgan fingerprint density at radius 1 is 0.920 bits per heavy atom. The second-order valence-electron chi connectivity index (χ2n) is 6.17. The summed E-state index contributed by atoms with van der Waals surface area (Å²) in [4.78, 5) is 4.54. The normalized spacial score (nSPS) is 10.7. The average Bonchev–Trinajstić information content (AvgIpc) is 2.63. The third-order valence-electron chi connectivity index (χ3n) is 4.05. The molecule has 128 valence electrons. The van der Waals surface area contributed by atoms with E-state index in [2.05, 4.69) is 64.8 Å². The van der Waals surface area contributed by atoms with Crippen LogP contribution < -0.4 is 10.6 Å². The highest BCUT2D eigenvalue weighted by Crippen LogP contribution is 2.26. The Bertz CT molecular complexity index is 845. The minimum Gasteiger partial charge on any atom is -0.339 e. The molecular weight excluding hydrogens is 310 g/mol. The van der Waals surface area contributed by atoms with E-state index < -0.39 is 0 Å². The van der Waals surface area contributed by atoms with Crippen molar-refractivity contribution in [3.05, 3.63) is 65.9 Å². The number of nitrogens with one attached hydrogen (secondary N) is 2. The second kappa shape index (κ2) is 7.75. The number of para-hydroxylation sites is 2. The van der Waals surface area contributed by atoms with Gasteiger partial charge in [-0.25, -0.2) is 0 Å². The van der Waals surface area contributed by atoms with Crippen molar-refractivity contribution in [1.82, 2.24) is 15.2 Å². The third-order valence-corrected chi connectivity index (χ3v) is 4.05. The first-order chi connectivity index (χ1) is 12.2. The minimum absolute atomic E-state index is 0.424. The van der Waals surface area contributed by atoms with Gasteiger partial charge < -0.3 is 10.6 Å². The summed E-state index contributed by atoms with van der Waals surface area (Å²) in [6.45, 7) is 6.47. The molecule has 1 heterocycles. The van der Waals surface area contributed by atoms with E-state index in [-0.39, 0.29) is 0 Å². The molecule has 0 unspecified atom stereocenters. The highest BCUT2D eigenvalue weighted by molar-refractivity contribution is 5.63. The number of aromatic nitrogens is 3. The Balaban J connectivity index is 1.83. The summed E-state index contributed by atoms with van der Waals surface area (Å²) in [5, 5.41) is 14.8. The molecule has 5 nitrogen and oxygen atoms in total. The molecule has 5 heteroatoms. The van der Waals surface area contributed by atoms with Gasteiger partial charge in [0.25, 0.3) is 0 Å². The lowest BCUT2D eigenvalue weighted by atomic mass is 10.0. The summed E-state index contributed by atoms with van der Waals surface area (Å²) in [7, 11) is 0. The number of anilines is 4. The zero-order chi connectivity index (χ0) is 17.6. The van der Waals surface area contributed by atoms with Gasteiger partial charge >= 0.3 is 0 Å². The first kappa shape index (κ1) is 16.9. The molecule has 0 aliphatic rings. The topological polar surface area (TPSA) is 62.7 Å². The summed E-state index contributed by atoms with van der Waals surface area (Å²) in [6, 6.07) is 16.4. The van der Waals surface area contributed by atoms with Crippen LogP contribution in [0.25, 0.3) is 0 Å². The SMILES string of the molecule is CCc1ccccc1Nc1nncc(Nc2ccccc2C(C)C)n1. The predicted molar refractivity (Wildman–Crippen MR) is 103 cm³/mol. The van der Waals surface area contributed by atoms with Crippen LogP contribution in [0.15, 0.2) is 54.7 Å². The quantitative estimate of drug-likeness (QED) is 0.661. The number of hydrogen-bond acceptors (Lipinski definition) is 5. The van der Waals surface area contributed by atoms with Crippen LogP contribution in [0, 0.1) is 0 Å². The molecule has 0 amide bonds. The predicted octanol–water partition coefficient (Wildman–Crippen LogP) is 5.04. The molecular formula is C20H23N5. The molecule has 0 saturated carbocycles. The third kappa shape index (κ3) is 4.12. The molecule has 0 aliphatic heterocycles. The Morgan fingerprint density at radius 3 is 2.40 bits per heavy atom. The lowest BCUT2D eigenvalue weighted by Crippen LogP contribution is -2.05. The molecule has 0 bridgehead atoms. The summed E-state index contributed by atoms with van der Waals surface area (Å²) in [6.07, 6.45) is 2.57. The van der Waals surface area contributed by atoms with E-state index in [1.165, 1.54) is 11.1 Å². The molecule has 2 aromatic carbocycles. The zero-order valence-electron chi connectivity index (χ0n) is 14.8. The second-order valence-corrected chi connectivity index (χ2v) is 6.17. The van der Waals surface area contributed by atoms with E-state index in [4.69, 9.17) is 0 Å². The van der Waals surface area contributed by atoms with E-state index in [1.807, 2.05) is 30.3 Å². The van der Waals surface area contributed by atoms with Gasteiger partial charge in [-0.1, -0.05) is 57.2 Å². The van der Waals surface area contributed by atoms with E-state index in [1.54, 1.807) is 6.20 Å². The van der Waals surface area contributed by atoms with Gasteiger partial charge in [0.2, 0.25) is 5.95 Å². The number of benzene rings is 2. The molecule has 0 fully saturated rings. The van der Waals surface area contributed by atoms with E-state index in [0.29, 0.717) is 17.7 Å². The van der Waals surface area contributed by atoms with Crippen molar-refractivity contribution in [1.29, 1.82) is 0 Å². The summed E-state index contributed by atoms with van der Waals surface area (Å²) >= 11 is 0. The number of hydrogen-bond donors (Lipinski definition) is 2. The summed E-state index contributed by atoms with van der Waals surface area (Å²) < 4.78 is 0. The first-order valence-electron chi connectivity index (χ1n) is 8.58. The molecule has 0 saturated heterocycles. The molecule has 0 atom stereocenters. The van der Waals surface area contributed by atoms with Crippen molar-refractivity contribution < 1.29 is 0 Å². The molecule has 3 rings (SSSR count). The van der Waals surface area contributed by atoms with Crippen LogP contribution in [0.2, 0.25) is 0 Å². The molecule has 3 aromatic rings. The van der Waals surface area contributed by atoms with Gasteiger partial charge in [0.1, 0.15) is 0 Å². The Hall–Kier alpha value is -2.95. The fourth-order valence-corrected chi connectivity index (χ4v) is 2.74. The lowest BCUT2D eigenvalue weighted by Gasteiger charge is -2.14. The van der Waals surface area contributed by atoms with Crippen LogP contribution in [0.1, 0.15) is 37.8 Å². The zero-order valence-corrected chi connectivity index (χ0v) is 14.8. The molecule has 25 heavy (non-hydrogen) atoms. The standard InChI is InChI=1S/C20H23N5/c1-4-15-9-5-7-11-17(15)23-20-24-19(13-21-25-20)22-18-12-8-6-10-16(18)14(2)3/h5-14H,4H2,1-3H3,(H2,22,23,24,25). The highest BCUT2D eigenvalue weighted by atomic mass is 15.3. The smallest absolute Gasteiger partial charge is 0.249 e. The fraction of sp³-hybridized carbons (Fsp3) is 0.250. The van der Waals surface area contributed by atoms with E-state index in [9.17, 15) is 0 Å². The van der Waals surface area contributed by atoms with Crippen molar-refractivity contribution in [2.24, 2.45) is 0 Å². The minimum atomic E-state index is 0.424. The van der Waals surface area contributed by atoms with Gasteiger partial charge in [0.15, 0.2) is 5.82 Å². The van der Waals surface area contributed by atoms with Gasteiger partial charge in [0, 0.05) is 11.4 Å². The molecule has 2 N–H and O–H groups in total. The van der Waals surface area contributed by atoms with Crippen LogP contribution in [-0.2, 0) is 6.42 Å². The monoisotopic (exact) mass is 333 g/mol. The molecule has 1 aromatic heterocycles. The van der Waals surface area contributed by atoms with Crippen LogP contribution in [-0.4, -0.2) is 15.2 Å². The van der Waals surface area contributed by atoms with Crippen LogP contribution in [0.5, 0.6) is 0 Å². The van der Waals surface area contributed by atoms with Crippen molar-refractivity contribution in [2.45, 2.75) is 33.1 Å². The van der Waals surface area contributed by atoms with Gasteiger partial charge in [-0.15, -0.1) is 5.10 Å². The Labute approximate surface area is 148 Å². The Morgan fingerprint density at radius 2 is 1.64 bits per heavy atom. The number of aryl methyl sites for hydroxylation is 1. The van der Waals surface area contributed by atoms with Crippen molar-refractivity contribution in [2.75, 3.05) is 10.6 Å². The Kier molecular flexibility index (Phi) is 5.23. The maximum Gasteiger partial charge on any atom is 0.249 e. The van der Waals surface area contributed by atoms with Crippen LogP contribution >= 0.6 is 0 Å². The maximum absolute atomic E-state index is 4.54. The summed E-state index contributed by atoms with van der Waals surface area (Å²) in [5.74, 6) is 1.57.